The Balaban J connectivity index is 4.16. The van der Waals surface area contributed by atoms with Crippen LogP contribution in [-0.4, -0.2) is 58.5 Å². The SMILES string of the molecule is C=CC(=O)OC[C@@H](O)[C@@H](O)[C@H](O)[C@@H](N)C=O. The predicted octanol–water partition coefficient (Wildman–Crippen LogP) is -2.68. The number of aldehydes is 1. The largest absolute Gasteiger partial charge is 0.460 e. The van der Waals surface area contributed by atoms with Crippen molar-refractivity contribution in [3.63, 3.8) is 0 Å². The molecule has 0 saturated heterocycles. The highest BCUT2D eigenvalue weighted by Gasteiger charge is 2.29. The van der Waals surface area contributed by atoms with Crippen molar-refractivity contribution in [1.82, 2.24) is 0 Å². The minimum Gasteiger partial charge on any atom is -0.460 e. The smallest absolute Gasteiger partial charge is 0.330 e. The lowest BCUT2D eigenvalue weighted by atomic mass is 10.0. The van der Waals surface area contributed by atoms with Gasteiger partial charge in [0.05, 0.1) is 6.04 Å². The van der Waals surface area contributed by atoms with Gasteiger partial charge in [0.15, 0.2) is 0 Å². The maximum absolute atomic E-state index is 10.6. The van der Waals surface area contributed by atoms with Gasteiger partial charge < -0.3 is 30.6 Å². The van der Waals surface area contributed by atoms with Crippen LogP contribution < -0.4 is 5.73 Å². The number of esters is 1. The van der Waals surface area contributed by atoms with Crippen molar-refractivity contribution in [3.05, 3.63) is 12.7 Å². The molecule has 0 rings (SSSR count). The minimum absolute atomic E-state index is 0.232. The molecule has 0 unspecified atom stereocenters. The van der Waals surface area contributed by atoms with Crippen molar-refractivity contribution >= 4 is 12.3 Å². The van der Waals surface area contributed by atoms with E-state index >= 15 is 0 Å². The molecule has 0 heterocycles. The van der Waals surface area contributed by atoms with E-state index < -0.39 is 36.9 Å². The molecule has 0 aromatic heterocycles. The summed E-state index contributed by atoms with van der Waals surface area (Å²) in [5, 5.41) is 27.9. The lowest BCUT2D eigenvalue weighted by Crippen LogP contribution is -2.50. The number of aliphatic hydroxyl groups excluding tert-OH is 3. The van der Waals surface area contributed by atoms with Gasteiger partial charge in [-0.3, -0.25) is 0 Å². The highest BCUT2D eigenvalue weighted by Crippen LogP contribution is 2.03. The van der Waals surface area contributed by atoms with Gasteiger partial charge in [-0.25, -0.2) is 4.79 Å². The Morgan fingerprint density at radius 2 is 1.94 bits per heavy atom. The van der Waals surface area contributed by atoms with Crippen molar-refractivity contribution < 1.29 is 29.6 Å². The summed E-state index contributed by atoms with van der Waals surface area (Å²) in [6.45, 7) is 2.59. The fourth-order valence-corrected chi connectivity index (χ4v) is 0.861. The Bertz CT molecular complexity index is 256. The van der Waals surface area contributed by atoms with Crippen LogP contribution in [0.5, 0.6) is 0 Å². The van der Waals surface area contributed by atoms with Crippen LogP contribution in [0.3, 0.4) is 0 Å². The second kappa shape index (κ2) is 7.07. The zero-order valence-electron chi connectivity index (χ0n) is 8.52. The minimum atomic E-state index is -1.68. The van der Waals surface area contributed by atoms with E-state index in [1.54, 1.807) is 0 Å². The fourth-order valence-electron chi connectivity index (χ4n) is 0.861. The van der Waals surface area contributed by atoms with Crippen molar-refractivity contribution in [3.8, 4) is 0 Å². The molecular weight excluding hydrogens is 218 g/mol. The summed E-state index contributed by atoms with van der Waals surface area (Å²) in [7, 11) is 0. The first-order chi connectivity index (χ1) is 7.43. The van der Waals surface area contributed by atoms with E-state index in [9.17, 15) is 24.9 Å². The summed E-state index contributed by atoms with van der Waals surface area (Å²) in [5.74, 6) is -0.777. The molecule has 0 spiro atoms. The summed E-state index contributed by atoms with van der Waals surface area (Å²) in [5.41, 5.74) is 5.12. The van der Waals surface area contributed by atoms with Gasteiger partial charge in [0, 0.05) is 6.08 Å². The maximum Gasteiger partial charge on any atom is 0.330 e. The monoisotopic (exact) mass is 233 g/mol. The summed E-state index contributed by atoms with van der Waals surface area (Å²) in [6, 6.07) is -1.32. The van der Waals surface area contributed by atoms with Gasteiger partial charge in [0.25, 0.3) is 0 Å². The molecule has 7 nitrogen and oxygen atoms in total. The Kier molecular flexibility index (Phi) is 6.50. The normalized spacial score (nSPS) is 18.0. The number of ether oxygens (including phenoxy) is 1. The molecule has 0 radical (unpaired) electrons. The molecule has 0 aromatic rings. The molecule has 92 valence electrons. The van der Waals surface area contributed by atoms with Gasteiger partial charge in [-0.2, -0.15) is 0 Å². The van der Waals surface area contributed by atoms with Crippen molar-refractivity contribution in [2.45, 2.75) is 24.4 Å². The molecule has 0 bridgehead atoms. The highest BCUT2D eigenvalue weighted by molar-refractivity contribution is 5.81. The highest BCUT2D eigenvalue weighted by atomic mass is 16.5. The second-order valence-corrected chi connectivity index (χ2v) is 3.10. The summed E-state index contributed by atoms with van der Waals surface area (Å²) in [6.07, 6.45) is -3.74. The summed E-state index contributed by atoms with van der Waals surface area (Å²) >= 11 is 0. The van der Waals surface area contributed by atoms with Crippen molar-refractivity contribution in [1.29, 1.82) is 0 Å². The molecule has 7 heteroatoms. The summed E-state index contributed by atoms with van der Waals surface area (Å²) in [4.78, 5) is 20.8. The Morgan fingerprint density at radius 1 is 1.38 bits per heavy atom. The lowest BCUT2D eigenvalue weighted by Gasteiger charge is -2.24. The van der Waals surface area contributed by atoms with Crippen LogP contribution in [0.4, 0.5) is 0 Å². The van der Waals surface area contributed by atoms with Crippen molar-refractivity contribution in [2.24, 2.45) is 5.73 Å². The number of nitrogens with two attached hydrogens (primary N) is 1. The van der Waals surface area contributed by atoms with Crippen LogP contribution >= 0.6 is 0 Å². The standard InChI is InChI=1S/C9H15NO6/c1-2-7(13)16-4-6(12)9(15)8(14)5(10)3-11/h2-3,5-6,8-9,12,14-15H,1,4,10H2/t5-,6+,8+,9+/m0/s1. The fraction of sp³-hybridized carbons (Fsp3) is 0.556. The van der Waals surface area contributed by atoms with Gasteiger partial charge >= 0.3 is 5.97 Å². The average Bonchev–Trinajstić information content (AvgIpc) is 2.32. The van der Waals surface area contributed by atoms with Crippen LogP contribution in [0.2, 0.25) is 0 Å². The number of carbonyl (C=O) groups excluding carboxylic acids is 2. The third kappa shape index (κ3) is 4.49. The predicted molar refractivity (Wildman–Crippen MR) is 53.2 cm³/mol. The third-order valence-corrected chi connectivity index (χ3v) is 1.86. The van der Waals surface area contributed by atoms with E-state index in [0.717, 1.165) is 6.08 Å². The molecule has 0 amide bonds. The van der Waals surface area contributed by atoms with Crippen LogP contribution in [0.25, 0.3) is 0 Å². The lowest BCUT2D eigenvalue weighted by molar-refractivity contribution is -0.147. The van der Waals surface area contributed by atoms with E-state index in [2.05, 4.69) is 11.3 Å². The van der Waals surface area contributed by atoms with Gasteiger partial charge in [-0.15, -0.1) is 0 Å². The molecule has 0 aliphatic rings. The molecule has 0 aliphatic heterocycles. The topological polar surface area (TPSA) is 130 Å². The first-order valence-corrected chi connectivity index (χ1v) is 4.48. The molecule has 16 heavy (non-hydrogen) atoms. The molecule has 0 aromatic carbocycles. The van der Waals surface area contributed by atoms with Gasteiger partial charge in [0.1, 0.15) is 31.2 Å². The van der Waals surface area contributed by atoms with Gasteiger partial charge in [-0.1, -0.05) is 6.58 Å². The Labute approximate surface area is 92.1 Å². The molecular formula is C9H15NO6. The van der Waals surface area contributed by atoms with Crippen molar-refractivity contribution in [2.75, 3.05) is 6.61 Å². The quantitative estimate of drug-likeness (QED) is 0.214. The summed E-state index contributed by atoms with van der Waals surface area (Å²) < 4.78 is 4.43. The molecule has 5 N–H and O–H groups in total. The van der Waals surface area contributed by atoms with Crippen LogP contribution in [0.1, 0.15) is 0 Å². The van der Waals surface area contributed by atoms with E-state index in [4.69, 9.17) is 5.73 Å². The zero-order chi connectivity index (χ0) is 12.7. The van der Waals surface area contributed by atoms with Crippen LogP contribution in [0.15, 0.2) is 12.7 Å². The number of rotatable bonds is 7. The molecule has 0 saturated carbocycles. The van der Waals surface area contributed by atoms with Gasteiger partial charge in [-0.05, 0) is 0 Å². The maximum atomic E-state index is 10.6. The number of hydrogen-bond acceptors (Lipinski definition) is 7. The Hall–Kier alpha value is -1.28. The molecule has 4 atom stereocenters. The van der Waals surface area contributed by atoms with E-state index in [0.29, 0.717) is 0 Å². The van der Waals surface area contributed by atoms with Crippen LogP contribution in [0, 0.1) is 0 Å². The first-order valence-electron chi connectivity index (χ1n) is 4.48. The van der Waals surface area contributed by atoms with E-state index in [1.807, 2.05) is 0 Å². The first kappa shape index (κ1) is 14.7. The van der Waals surface area contributed by atoms with Gasteiger partial charge in [0.2, 0.25) is 0 Å². The number of carbonyl (C=O) groups is 2. The number of hydrogen-bond donors (Lipinski definition) is 4. The van der Waals surface area contributed by atoms with E-state index in [1.165, 1.54) is 0 Å². The average molecular weight is 233 g/mol. The zero-order valence-corrected chi connectivity index (χ0v) is 8.52. The second-order valence-electron chi connectivity index (χ2n) is 3.10. The molecule has 0 fully saturated rings. The van der Waals surface area contributed by atoms with E-state index in [-0.39, 0.29) is 6.29 Å². The molecule has 0 aliphatic carbocycles. The van der Waals surface area contributed by atoms with Crippen LogP contribution in [-0.2, 0) is 14.3 Å². The number of aliphatic hydroxyl groups is 3. The Morgan fingerprint density at radius 3 is 2.38 bits per heavy atom. The third-order valence-electron chi connectivity index (χ3n) is 1.86.